The van der Waals surface area contributed by atoms with Gasteiger partial charge >= 0.3 is 0 Å². The van der Waals surface area contributed by atoms with Crippen LogP contribution in [0.4, 0.5) is 0 Å². The molecule has 2 saturated heterocycles. The second-order valence-electron chi connectivity index (χ2n) is 7.17. The molecule has 152 valence electrons. The van der Waals surface area contributed by atoms with Crippen molar-refractivity contribution in [2.24, 2.45) is 4.99 Å². The van der Waals surface area contributed by atoms with E-state index in [1.807, 2.05) is 4.90 Å². The van der Waals surface area contributed by atoms with Crippen molar-refractivity contribution in [1.82, 2.24) is 20.0 Å². The Hall–Kier alpha value is -0.570. The summed E-state index contributed by atoms with van der Waals surface area (Å²) < 4.78 is 0. The molecule has 7 heteroatoms. The van der Waals surface area contributed by atoms with Crippen LogP contribution >= 0.6 is 24.0 Å². The van der Waals surface area contributed by atoms with E-state index in [9.17, 15) is 4.79 Å². The quantitative estimate of drug-likeness (QED) is 0.264. The van der Waals surface area contributed by atoms with E-state index in [0.717, 1.165) is 77.6 Å². The van der Waals surface area contributed by atoms with Crippen molar-refractivity contribution in [2.45, 2.75) is 58.9 Å². The van der Waals surface area contributed by atoms with E-state index < -0.39 is 0 Å². The predicted octanol–water partition coefficient (Wildman–Crippen LogP) is 2.39. The first-order valence-corrected chi connectivity index (χ1v) is 10.2. The summed E-state index contributed by atoms with van der Waals surface area (Å²) in [6, 6.07) is 0.00401. The van der Waals surface area contributed by atoms with Gasteiger partial charge in [-0.15, -0.1) is 24.0 Å². The van der Waals surface area contributed by atoms with Crippen LogP contribution in [0.5, 0.6) is 0 Å². The van der Waals surface area contributed by atoms with Crippen molar-refractivity contribution in [3.8, 4) is 0 Å². The van der Waals surface area contributed by atoms with Crippen LogP contribution in [-0.2, 0) is 4.79 Å². The standard InChI is InChI=1S/C19H37N5O.HI/c1-4-6-7-10-21-19(20-5-2)24-15-13-22(14-16-24)17(3)18(25)23-11-8-9-12-23;/h17H,4-16H2,1-3H3,(H,20,21);1H. The molecule has 1 amide bonds. The van der Waals surface area contributed by atoms with Gasteiger partial charge in [-0.1, -0.05) is 19.8 Å². The minimum Gasteiger partial charge on any atom is -0.357 e. The normalized spacial score (nSPS) is 20.0. The number of halogens is 1. The Labute approximate surface area is 176 Å². The van der Waals surface area contributed by atoms with Gasteiger partial charge in [0.15, 0.2) is 5.96 Å². The Kier molecular flexibility index (Phi) is 11.5. The highest BCUT2D eigenvalue weighted by Gasteiger charge is 2.30. The highest BCUT2D eigenvalue weighted by Crippen LogP contribution is 2.14. The number of nitrogens with zero attached hydrogens (tertiary/aromatic N) is 4. The van der Waals surface area contributed by atoms with Crippen LogP contribution in [0, 0.1) is 0 Å². The van der Waals surface area contributed by atoms with Gasteiger partial charge in [-0.25, -0.2) is 0 Å². The minimum atomic E-state index is 0. The summed E-state index contributed by atoms with van der Waals surface area (Å²) in [5.41, 5.74) is 0. The molecule has 1 unspecified atom stereocenters. The van der Waals surface area contributed by atoms with Crippen molar-refractivity contribution in [1.29, 1.82) is 0 Å². The molecule has 0 aromatic rings. The Morgan fingerprint density at radius 1 is 1.00 bits per heavy atom. The molecule has 0 saturated carbocycles. The van der Waals surface area contributed by atoms with Gasteiger partial charge < -0.3 is 15.1 Å². The van der Waals surface area contributed by atoms with Gasteiger partial charge in [0.2, 0.25) is 5.91 Å². The molecular formula is C19H38IN5O. The minimum absolute atomic E-state index is 0. The van der Waals surface area contributed by atoms with Crippen molar-refractivity contribution in [3.63, 3.8) is 0 Å². The van der Waals surface area contributed by atoms with Crippen molar-refractivity contribution in [2.75, 3.05) is 52.4 Å². The van der Waals surface area contributed by atoms with Crippen LogP contribution in [0.2, 0.25) is 0 Å². The zero-order valence-corrected chi connectivity index (χ0v) is 19.2. The largest absolute Gasteiger partial charge is 0.357 e. The number of likely N-dealkylation sites (tertiary alicyclic amines) is 1. The first kappa shape index (κ1) is 23.5. The number of unbranched alkanes of at least 4 members (excludes halogenated alkanes) is 2. The molecule has 2 aliphatic heterocycles. The average Bonchev–Trinajstić information content (AvgIpc) is 3.18. The third kappa shape index (κ3) is 6.87. The second-order valence-corrected chi connectivity index (χ2v) is 7.17. The summed E-state index contributed by atoms with van der Waals surface area (Å²) >= 11 is 0. The monoisotopic (exact) mass is 479 g/mol. The summed E-state index contributed by atoms with van der Waals surface area (Å²) in [5.74, 6) is 1.35. The fourth-order valence-electron chi connectivity index (χ4n) is 3.65. The molecule has 0 bridgehead atoms. The third-order valence-corrected chi connectivity index (χ3v) is 5.29. The lowest BCUT2D eigenvalue weighted by atomic mass is 10.2. The molecule has 2 rings (SSSR count). The Bertz CT molecular complexity index is 432. The van der Waals surface area contributed by atoms with Gasteiger partial charge in [0, 0.05) is 52.4 Å². The number of hydrogen-bond acceptors (Lipinski definition) is 3. The number of guanidine groups is 1. The van der Waals surface area contributed by atoms with Crippen LogP contribution in [-0.4, -0.2) is 85.0 Å². The van der Waals surface area contributed by atoms with E-state index >= 15 is 0 Å². The number of amides is 1. The maximum absolute atomic E-state index is 12.6. The molecule has 0 spiro atoms. The summed E-state index contributed by atoms with van der Waals surface area (Å²) in [6.07, 6.45) is 5.95. The van der Waals surface area contributed by atoms with Crippen LogP contribution in [0.1, 0.15) is 52.9 Å². The lowest BCUT2D eigenvalue weighted by molar-refractivity contribution is -0.135. The highest BCUT2D eigenvalue weighted by molar-refractivity contribution is 14.0. The molecule has 26 heavy (non-hydrogen) atoms. The number of aliphatic imine (C=N–C) groups is 1. The first-order chi connectivity index (χ1) is 12.2. The zero-order valence-electron chi connectivity index (χ0n) is 16.9. The number of hydrogen-bond donors (Lipinski definition) is 1. The molecule has 2 aliphatic rings. The Morgan fingerprint density at radius 3 is 2.23 bits per heavy atom. The van der Waals surface area contributed by atoms with E-state index in [-0.39, 0.29) is 30.0 Å². The summed E-state index contributed by atoms with van der Waals surface area (Å²) in [5, 5.41) is 3.42. The molecule has 0 aromatic carbocycles. The number of rotatable bonds is 7. The predicted molar refractivity (Wildman–Crippen MR) is 119 cm³/mol. The molecular weight excluding hydrogens is 441 g/mol. The molecule has 1 atom stereocenters. The van der Waals surface area contributed by atoms with Crippen molar-refractivity contribution < 1.29 is 4.79 Å². The highest BCUT2D eigenvalue weighted by atomic mass is 127. The van der Waals surface area contributed by atoms with Crippen LogP contribution in [0.15, 0.2) is 4.99 Å². The van der Waals surface area contributed by atoms with Gasteiger partial charge in [0.25, 0.3) is 0 Å². The topological polar surface area (TPSA) is 51.2 Å². The third-order valence-electron chi connectivity index (χ3n) is 5.29. The van der Waals surface area contributed by atoms with Gasteiger partial charge in [-0.3, -0.25) is 14.7 Å². The summed E-state index contributed by atoms with van der Waals surface area (Å²) in [4.78, 5) is 24.1. The van der Waals surface area contributed by atoms with Gasteiger partial charge in [-0.2, -0.15) is 0 Å². The van der Waals surface area contributed by atoms with Gasteiger partial charge in [0.1, 0.15) is 0 Å². The second kappa shape index (κ2) is 12.8. The smallest absolute Gasteiger partial charge is 0.239 e. The SMILES string of the molecule is CCCCCN=C(NCC)N1CCN(C(C)C(=O)N2CCCC2)CC1.I. The van der Waals surface area contributed by atoms with Crippen LogP contribution in [0.25, 0.3) is 0 Å². The van der Waals surface area contributed by atoms with Crippen molar-refractivity contribution >= 4 is 35.8 Å². The molecule has 2 fully saturated rings. The van der Waals surface area contributed by atoms with E-state index in [1.165, 1.54) is 12.8 Å². The van der Waals surface area contributed by atoms with E-state index in [1.54, 1.807) is 0 Å². The summed E-state index contributed by atoms with van der Waals surface area (Å²) in [7, 11) is 0. The molecule has 1 N–H and O–H groups in total. The van der Waals surface area contributed by atoms with Crippen molar-refractivity contribution in [3.05, 3.63) is 0 Å². The maximum Gasteiger partial charge on any atom is 0.239 e. The fourth-order valence-corrected chi connectivity index (χ4v) is 3.65. The molecule has 6 nitrogen and oxygen atoms in total. The van der Waals surface area contributed by atoms with Crippen LogP contribution < -0.4 is 5.32 Å². The number of nitrogens with one attached hydrogen (secondary N) is 1. The number of piperazine rings is 1. The first-order valence-electron chi connectivity index (χ1n) is 10.2. The maximum atomic E-state index is 12.6. The van der Waals surface area contributed by atoms with Crippen LogP contribution in [0.3, 0.4) is 0 Å². The van der Waals surface area contributed by atoms with Gasteiger partial charge in [-0.05, 0) is 33.1 Å². The Balaban J connectivity index is 0.00000338. The van der Waals surface area contributed by atoms with E-state index in [0.29, 0.717) is 5.91 Å². The number of carbonyl (C=O) groups is 1. The lowest BCUT2D eigenvalue weighted by Gasteiger charge is -2.39. The van der Waals surface area contributed by atoms with Gasteiger partial charge in [0.05, 0.1) is 6.04 Å². The zero-order chi connectivity index (χ0) is 18.1. The molecule has 0 radical (unpaired) electrons. The summed E-state index contributed by atoms with van der Waals surface area (Å²) in [6.45, 7) is 13.8. The molecule has 0 aliphatic carbocycles. The average molecular weight is 479 g/mol. The fraction of sp³-hybridized carbons (Fsp3) is 0.895. The lowest BCUT2D eigenvalue weighted by Crippen LogP contribution is -2.57. The van der Waals surface area contributed by atoms with E-state index in [4.69, 9.17) is 4.99 Å². The molecule has 0 aromatic heterocycles. The molecule has 2 heterocycles. The van der Waals surface area contributed by atoms with E-state index in [2.05, 4.69) is 35.9 Å². The Morgan fingerprint density at radius 2 is 1.65 bits per heavy atom. The number of carbonyl (C=O) groups excluding carboxylic acids is 1.